The van der Waals surface area contributed by atoms with Crippen molar-refractivity contribution in [2.45, 2.75) is 0 Å². The molecular formula is C12H7Cl2F2N3O3. The summed E-state index contributed by atoms with van der Waals surface area (Å²) in [7, 11) is 1.34. The first-order chi connectivity index (χ1) is 10.3. The highest BCUT2D eigenvalue weighted by molar-refractivity contribution is 6.39. The third-order valence-electron chi connectivity index (χ3n) is 2.66. The molecule has 0 bridgehead atoms. The van der Waals surface area contributed by atoms with Crippen LogP contribution in [0.5, 0.6) is 5.75 Å². The van der Waals surface area contributed by atoms with Gasteiger partial charge in [-0.05, 0) is 12.1 Å². The number of anilines is 2. The number of benzene rings is 1. The summed E-state index contributed by atoms with van der Waals surface area (Å²) in [5.74, 6) is -2.34. The van der Waals surface area contributed by atoms with Crippen LogP contribution in [0.25, 0.3) is 0 Å². The smallest absolute Gasteiger partial charge is 0.296 e. The Morgan fingerprint density at radius 1 is 1.27 bits per heavy atom. The van der Waals surface area contributed by atoms with Crippen LogP contribution in [0, 0.1) is 22.0 Å². The van der Waals surface area contributed by atoms with Gasteiger partial charge in [0.25, 0.3) is 5.69 Å². The van der Waals surface area contributed by atoms with Crippen LogP contribution in [-0.4, -0.2) is 17.0 Å². The molecule has 0 aliphatic carbocycles. The molecule has 0 amide bonds. The van der Waals surface area contributed by atoms with Crippen molar-refractivity contribution in [3.63, 3.8) is 0 Å². The highest BCUT2D eigenvalue weighted by Gasteiger charge is 2.21. The molecule has 1 N–H and O–H groups in total. The number of methoxy groups -OCH3 is 1. The van der Waals surface area contributed by atoms with Crippen molar-refractivity contribution in [1.29, 1.82) is 0 Å². The van der Waals surface area contributed by atoms with Gasteiger partial charge in [-0.3, -0.25) is 10.1 Å². The zero-order valence-corrected chi connectivity index (χ0v) is 12.4. The predicted octanol–water partition coefficient (Wildman–Crippen LogP) is 4.33. The molecule has 0 radical (unpaired) electrons. The van der Waals surface area contributed by atoms with Gasteiger partial charge in [-0.2, -0.15) is 13.8 Å². The van der Waals surface area contributed by atoms with Crippen molar-refractivity contribution in [3.8, 4) is 5.75 Å². The van der Waals surface area contributed by atoms with E-state index in [-0.39, 0.29) is 22.8 Å². The summed E-state index contributed by atoms with van der Waals surface area (Å²) in [6, 6.07) is 3.85. The van der Waals surface area contributed by atoms with Gasteiger partial charge in [0.1, 0.15) is 21.5 Å². The number of halogens is 4. The monoisotopic (exact) mass is 349 g/mol. The first kappa shape index (κ1) is 16.2. The molecule has 1 aromatic heterocycles. The molecule has 2 aromatic rings. The van der Waals surface area contributed by atoms with Gasteiger partial charge in [-0.1, -0.05) is 23.2 Å². The lowest BCUT2D eigenvalue weighted by atomic mass is 10.2. The number of nitro groups is 1. The van der Waals surface area contributed by atoms with Gasteiger partial charge in [-0.15, -0.1) is 0 Å². The molecule has 0 spiro atoms. The lowest BCUT2D eigenvalue weighted by Crippen LogP contribution is -2.02. The van der Waals surface area contributed by atoms with Crippen LogP contribution in [0.1, 0.15) is 0 Å². The van der Waals surface area contributed by atoms with Crippen molar-refractivity contribution in [2.24, 2.45) is 0 Å². The van der Waals surface area contributed by atoms with E-state index in [0.29, 0.717) is 0 Å². The Morgan fingerprint density at radius 2 is 1.86 bits per heavy atom. The summed E-state index contributed by atoms with van der Waals surface area (Å²) in [6.07, 6.45) is 0. The average molecular weight is 350 g/mol. The van der Waals surface area contributed by atoms with E-state index in [1.165, 1.54) is 19.2 Å². The van der Waals surface area contributed by atoms with Gasteiger partial charge in [0.15, 0.2) is 0 Å². The molecule has 0 saturated heterocycles. The molecule has 0 atom stereocenters. The largest absolute Gasteiger partial charge is 0.496 e. The van der Waals surface area contributed by atoms with Gasteiger partial charge in [-0.25, -0.2) is 0 Å². The molecule has 0 unspecified atom stereocenters. The van der Waals surface area contributed by atoms with Gasteiger partial charge in [0.2, 0.25) is 11.9 Å². The zero-order valence-electron chi connectivity index (χ0n) is 10.9. The molecule has 1 heterocycles. The minimum absolute atomic E-state index is 0.0698. The minimum Gasteiger partial charge on any atom is -0.496 e. The standard InChI is InChI=1S/C12H7Cl2F2N3O3/c1-22-5-2-3-6(7(4-5)19(20)21)17-10-8(13)11(15)18-12(16)9(10)14/h2-4H,1H3,(H,17,18). The lowest BCUT2D eigenvalue weighted by molar-refractivity contribution is -0.384. The minimum atomic E-state index is -1.29. The maximum Gasteiger partial charge on any atom is 0.296 e. The number of aromatic nitrogens is 1. The van der Waals surface area contributed by atoms with Crippen molar-refractivity contribution in [1.82, 2.24) is 4.98 Å². The van der Waals surface area contributed by atoms with E-state index < -0.39 is 26.9 Å². The molecule has 116 valence electrons. The van der Waals surface area contributed by atoms with Crippen LogP contribution >= 0.6 is 23.2 Å². The van der Waals surface area contributed by atoms with Crippen molar-refractivity contribution in [3.05, 3.63) is 50.3 Å². The maximum atomic E-state index is 13.4. The Balaban J connectivity index is 2.54. The van der Waals surface area contributed by atoms with Crippen LogP contribution in [0.15, 0.2) is 18.2 Å². The fourth-order valence-corrected chi connectivity index (χ4v) is 2.04. The normalized spacial score (nSPS) is 10.4. The summed E-state index contributed by atoms with van der Waals surface area (Å²) in [6.45, 7) is 0. The van der Waals surface area contributed by atoms with Crippen molar-refractivity contribution in [2.75, 3.05) is 12.4 Å². The first-order valence-corrected chi connectivity index (χ1v) is 6.40. The molecule has 2 rings (SSSR count). The number of ether oxygens (including phenoxy) is 1. The molecule has 0 aliphatic rings. The van der Waals surface area contributed by atoms with E-state index in [1.54, 1.807) is 0 Å². The molecule has 6 nitrogen and oxygen atoms in total. The highest BCUT2D eigenvalue weighted by atomic mass is 35.5. The Hall–Kier alpha value is -2.19. The molecule has 10 heteroatoms. The number of rotatable bonds is 4. The quantitative estimate of drug-likeness (QED) is 0.505. The van der Waals surface area contributed by atoms with E-state index in [4.69, 9.17) is 27.9 Å². The van der Waals surface area contributed by atoms with Crippen molar-refractivity contribution >= 4 is 40.3 Å². The van der Waals surface area contributed by atoms with Crippen LogP contribution < -0.4 is 10.1 Å². The third kappa shape index (κ3) is 3.02. The number of nitrogens with zero attached hydrogens (tertiary/aromatic N) is 2. The second kappa shape index (κ2) is 6.29. The number of hydrogen-bond donors (Lipinski definition) is 1. The van der Waals surface area contributed by atoms with E-state index in [2.05, 4.69) is 10.3 Å². The number of hydrogen-bond acceptors (Lipinski definition) is 5. The van der Waals surface area contributed by atoms with Crippen LogP contribution in [0.3, 0.4) is 0 Å². The second-order valence-corrected chi connectivity index (χ2v) is 4.72. The molecule has 22 heavy (non-hydrogen) atoms. The molecule has 0 fully saturated rings. The highest BCUT2D eigenvalue weighted by Crippen LogP contribution is 2.38. The average Bonchev–Trinajstić information content (AvgIpc) is 2.49. The fourth-order valence-electron chi connectivity index (χ4n) is 1.63. The summed E-state index contributed by atoms with van der Waals surface area (Å²) < 4.78 is 31.6. The Labute approximate surface area is 132 Å². The summed E-state index contributed by atoms with van der Waals surface area (Å²) in [5, 5.41) is 12.3. The summed E-state index contributed by atoms with van der Waals surface area (Å²) >= 11 is 11.3. The molecule has 0 aliphatic heterocycles. The second-order valence-electron chi connectivity index (χ2n) is 3.96. The van der Waals surface area contributed by atoms with Crippen molar-refractivity contribution < 1.29 is 18.4 Å². The fraction of sp³-hybridized carbons (Fsp3) is 0.0833. The Kier molecular flexibility index (Phi) is 4.62. The molecule has 1 aromatic carbocycles. The zero-order chi connectivity index (χ0) is 16.4. The number of nitro benzene ring substituents is 1. The topological polar surface area (TPSA) is 77.3 Å². The van der Waals surface area contributed by atoms with Crippen LogP contribution in [0.4, 0.5) is 25.8 Å². The van der Waals surface area contributed by atoms with E-state index in [9.17, 15) is 18.9 Å². The Morgan fingerprint density at radius 3 is 2.36 bits per heavy atom. The van der Waals surface area contributed by atoms with Gasteiger partial charge >= 0.3 is 0 Å². The lowest BCUT2D eigenvalue weighted by Gasteiger charge is -2.12. The third-order valence-corrected chi connectivity index (χ3v) is 3.35. The van der Waals surface area contributed by atoms with Crippen LogP contribution in [-0.2, 0) is 0 Å². The number of nitrogens with one attached hydrogen (secondary N) is 1. The van der Waals surface area contributed by atoms with E-state index >= 15 is 0 Å². The SMILES string of the molecule is COc1ccc(Nc2c(Cl)c(F)nc(F)c2Cl)c([N+](=O)[O-])c1. The van der Waals surface area contributed by atoms with Gasteiger partial charge < -0.3 is 10.1 Å². The molecule has 0 saturated carbocycles. The predicted molar refractivity (Wildman–Crippen MR) is 77.1 cm³/mol. The number of pyridine rings is 1. The molecular weight excluding hydrogens is 343 g/mol. The van der Waals surface area contributed by atoms with Crippen LogP contribution in [0.2, 0.25) is 10.0 Å². The van der Waals surface area contributed by atoms with Gasteiger partial charge in [0, 0.05) is 0 Å². The summed E-state index contributed by atoms with van der Waals surface area (Å²) in [4.78, 5) is 13.2. The maximum absolute atomic E-state index is 13.4. The summed E-state index contributed by atoms with van der Waals surface area (Å²) in [5.41, 5.74) is -0.815. The van der Waals surface area contributed by atoms with E-state index in [0.717, 1.165) is 6.07 Å². The van der Waals surface area contributed by atoms with Gasteiger partial charge in [0.05, 0.1) is 23.8 Å². The first-order valence-electron chi connectivity index (χ1n) is 5.64. The van der Waals surface area contributed by atoms with E-state index in [1.807, 2.05) is 0 Å². The Bertz CT molecular complexity index is 733.